The molecule has 0 unspecified atom stereocenters. The lowest BCUT2D eigenvalue weighted by Gasteiger charge is -2.10. The molecule has 0 radical (unpaired) electrons. The summed E-state index contributed by atoms with van der Waals surface area (Å²) in [5.74, 6) is -0.393. The molecule has 0 bridgehead atoms. The maximum Gasteiger partial charge on any atom is 0.258 e. The molecule has 1 heterocycles. The predicted molar refractivity (Wildman–Crippen MR) is 113 cm³/mol. The van der Waals surface area contributed by atoms with Gasteiger partial charge in [-0.15, -0.1) is 11.3 Å². The number of hydrogen-bond donors (Lipinski definition) is 2. The Hall–Kier alpha value is -2.44. The molecule has 0 atom stereocenters. The number of fused-ring (bicyclic) bond motifs is 1. The Morgan fingerprint density at radius 2 is 1.74 bits per heavy atom. The molecule has 2 aromatic carbocycles. The molecular formula is C21H17BrN2O2S. The molecule has 4 rings (SSSR count). The van der Waals surface area contributed by atoms with Crippen LogP contribution in [-0.4, -0.2) is 11.8 Å². The predicted octanol–water partition coefficient (Wildman–Crippen LogP) is 5.50. The average molecular weight is 441 g/mol. The Bertz CT molecular complexity index is 1010. The van der Waals surface area contributed by atoms with E-state index in [0.717, 1.165) is 35.0 Å². The van der Waals surface area contributed by atoms with E-state index >= 15 is 0 Å². The number of nitrogens with one attached hydrogen (secondary N) is 2. The van der Waals surface area contributed by atoms with E-state index in [4.69, 9.17) is 0 Å². The highest BCUT2D eigenvalue weighted by molar-refractivity contribution is 9.10. The van der Waals surface area contributed by atoms with Crippen molar-refractivity contribution in [1.29, 1.82) is 0 Å². The molecular weight excluding hydrogens is 424 g/mol. The van der Waals surface area contributed by atoms with Crippen LogP contribution in [0.5, 0.6) is 0 Å². The topological polar surface area (TPSA) is 58.2 Å². The number of anilines is 2. The summed E-state index contributed by atoms with van der Waals surface area (Å²) in [6.45, 7) is 0. The zero-order valence-electron chi connectivity index (χ0n) is 14.4. The third kappa shape index (κ3) is 3.82. The molecule has 2 N–H and O–H groups in total. The van der Waals surface area contributed by atoms with E-state index in [2.05, 4.69) is 26.6 Å². The van der Waals surface area contributed by atoms with Crippen LogP contribution in [0.1, 0.15) is 37.6 Å². The van der Waals surface area contributed by atoms with Gasteiger partial charge in [0.2, 0.25) is 0 Å². The molecule has 136 valence electrons. The molecule has 0 saturated carbocycles. The number of thiophene rings is 1. The lowest BCUT2D eigenvalue weighted by Crippen LogP contribution is -2.18. The zero-order chi connectivity index (χ0) is 18.8. The number of aryl methyl sites for hydroxylation is 1. The molecule has 4 nitrogen and oxygen atoms in total. The first kappa shape index (κ1) is 17.9. The highest BCUT2D eigenvalue weighted by Gasteiger charge is 2.27. The van der Waals surface area contributed by atoms with Crippen LogP contribution in [0.4, 0.5) is 10.7 Å². The van der Waals surface area contributed by atoms with Crippen molar-refractivity contribution in [2.45, 2.75) is 19.3 Å². The number of carbonyl (C=O) groups excluding carboxylic acids is 2. The Kier molecular flexibility index (Phi) is 5.09. The molecule has 3 aromatic rings. The number of para-hydroxylation sites is 1. The summed E-state index contributed by atoms with van der Waals surface area (Å²) in [7, 11) is 0. The van der Waals surface area contributed by atoms with Crippen LogP contribution < -0.4 is 10.6 Å². The Balaban J connectivity index is 1.63. The second-order valence-corrected chi connectivity index (χ2v) is 8.37. The van der Waals surface area contributed by atoms with Crippen LogP contribution in [0, 0.1) is 0 Å². The van der Waals surface area contributed by atoms with Gasteiger partial charge in [0.05, 0.1) is 5.56 Å². The number of amides is 2. The molecule has 0 saturated heterocycles. The van der Waals surface area contributed by atoms with Crippen molar-refractivity contribution in [2.75, 3.05) is 10.6 Å². The Morgan fingerprint density at radius 1 is 0.926 bits per heavy atom. The number of benzene rings is 2. The molecule has 2 amide bonds. The highest BCUT2D eigenvalue weighted by atomic mass is 79.9. The average Bonchev–Trinajstić information content (AvgIpc) is 3.23. The maximum absolute atomic E-state index is 13.0. The summed E-state index contributed by atoms with van der Waals surface area (Å²) in [6.07, 6.45) is 2.88. The highest BCUT2D eigenvalue weighted by Crippen LogP contribution is 2.39. The summed E-state index contributed by atoms with van der Waals surface area (Å²) < 4.78 is 0.839. The van der Waals surface area contributed by atoms with Crippen molar-refractivity contribution < 1.29 is 9.59 Å². The van der Waals surface area contributed by atoms with Crippen LogP contribution in [0.25, 0.3) is 0 Å². The first-order chi connectivity index (χ1) is 13.1. The number of rotatable bonds is 4. The van der Waals surface area contributed by atoms with Gasteiger partial charge in [0.25, 0.3) is 11.8 Å². The normalized spacial score (nSPS) is 12.5. The Morgan fingerprint density at radius 3 is 2.52 bits per heavy atom. The maximum atomic E-state index is 13.0. The summed E-state index contributed by atoms with van der Waals surface area (Å²) in [6, 6.07) is 16.6. The van der Waals surface area contributed by atoms with E-state index in [-0.39, 0.29) is 11.8 Å². The molecule has 1 aliphatic rings. The van der Waals surface area contributed by atoms with Crippen LogP contribution >= 0.6 is 27.3 Å². The summed E-state index contributed by atoms with van der Waals surface area (Å²) >= 11 is 4.90. The third-order valence-corrected chi connectivity index (χ3v) is 6.19. The second kappa shape index (κ2) is 7.66. The first-order valence-electron chi connectivity index (χ1n) is 8.69. The summed E-state index contributed by atoms with van der Waals surface area (Å²) in [5.41, 5.74) is 2.95. The van der Waals surface area contributed by atoms with E-state index in [0.29, 0.717) is 16.1 Å². The minimum atomic E-state index is -0.218. The molecule has 6 heteroatoms. The SMILES string of the molecule is O=C(Nc1sc2c(c1C(=O)Nc1ccccc1)CCC2)c1cccc(Br)c1. The van der Waals surface area contributed by atoms with Crippen LogP contribution in [0.15, 0.2) is 59.1 Å². The number of halogens is 1. The molecule has 1 aromatic heterocycles. The van der Waals surface area contributed by atoms with Crippen molar-refractivity contribution in [3.63, 3.8) is 0 Å². The molecule has 1 aliphatic carbocycles. The van der Waals surface area contributed by atoms with Crippen molar-refractivity contribution in [3.8, 4) is 0 Å². The smallest absolute Gasteiger partial charge is 0.258 e. The molecule has 0 aliphatic heterocycles. The van der Waals surface area contributed by atoms with Gasteiger partial charge in [0.1, 0.15) is 5.00 Å². The second-order valence-electron chi connectivity index (χ2n) is 6.35. The quantitative estimate of drug-likeness (QED) is 0.562. The molecule has 0 fully saturated rings. The minimum absolute atomic E-state index is 0.176. The van der Waals surface area contributed by atoms with Gasteiger partial charge in [-0.25, -0.2) is 0 Å². The van der Waals surface area contributed by atoms with E-state index in [1.165, 1.54) is 16.2 Å². The third-order valence-electron chi connectivity index (χ3n) is 4.49. The van der Waals surface area contributed by atoms with Crippen molar-refractivity contribution in [1.82, 2.24) is 0 Å². The van der Waals surface area contributed by atoms with E-state index in [1.807, 2.05) is 42.5 Å². The van der Waals surface area contributed by atoms with Gasteiger partial charge in [-0.1, -0.05) is 40.2 Å². The number of carbonyl (C=O) groups is 2. The molecule has 27 heavy (non-hydrogen) atoms. The molecule has 0 spiro atoms. The van der Waals surface area contributed by atoms with Crippen LogP contribution in [0.3, 0.4) is 0 Å². The van der Waals surface area contributed by atoms with Gasteiger partial charge in [0.15, 0.2) is 0 Å². The first-order valence-corrected chi connectivity index (χ1v) is 10.3. The van der Waals surface area contributed by atoms with Crippen LogP contribution in [-0.2, 0) is 12.8 Å². The van der Waals surface area contributed by atoms with Gasteiger partial charge < -0.3 is 10.6 Å². The van der Waals surface area contributed by atoms with E-state index in [1.54, 1.807) is 12.1 Å². The fourth-order valence-electron chi connectivity index (χ4n) is 3.25. The fourth-order valence-corrected chi connectivity index (χ4v) is 4.93. The van der Waals surface area contributed by atoms with Gasteiger partial charge in [-0.3, -0.25) is 9.59 Å². The number of hydrogen-bond acceptors (Lipinski definition) is 3. The fraction of sp³-hybridized carbons (Fsp3) is 0.143. The Labute approximate surface area is 169 Å². The van der Waals surface area contributed by atoms with Gasteiger partial charge in [-0.05, 0) is 55.2 Å². The lowest BCUT2D eigenvalue weighted by molar-refractivity contribution is 0.102. The largest absolute Gasteiger partial charge is 0.322 e. The van der Waals surface area contributed by atoms with Gasteiger partial charge in [-0.2, -0.15) is 0 Å². The zero-order valence-corrected chi connectivity index (χ0v) is 16.8. The monoisotopic (exact) mass is 440 g/mol. The van der Waals surface area contributed by atoms with Crippen molar-refractivity contribution in [3.05, 3.63) is 80.6 Å². The van der Waals surface area contributed by atoms with Gasteiger partial charge >= 0.3 is 0 Å². The summed E-state index contributed by atoms with van der Waals surface area (Å²) in [4.78, 5) is 26.8. The van der Waals surface area contributed by atoms with Gasteiger partial charge in [0, 0.05) is 20.6 Å². The van der Waals surface area contributed by atoms with Crippen molar-refractivity contribution >= 4 is 49.8 Å². The minimum Gasteiger partial charge on any atom is -0.322 e. The summed E-state index contributed by atoms with van der Waals surface area (Å²) in [5, 5.41) is 6.52. The lowest BCUT2D eigenvalue weighted by atomic mass is 10.1. The standard InChI is InChI=1S/C21H17BrN2O2S/c22-14-7-4-6-13(12-14)19(25)24-21-18(16-10-5-11-17(16)27-21)20(26)23-15-8-2-1-3-9-15/h1-4,6-9,12H,5,10-11H2,(H,23,26)(H,24,25). The van der Waals surface area contributed by atoms with Crippen molar-refractivity contribution in [2.24, 2.45) is 0 Å². The van der Waals surface area contributed by atoms with E-state index in [9.17, 15) is 9.59 Å². The van der Waals surface area contributed by atoms with Crippen LogP contribution in [0.2, 0.25) is 0 Å². The van der Waals surface area contributed by atoms with E-state index < -0.39 is 0 Å².